The average molecular weight is 484 g/mol. The molecule has 2 aromatic rings. The third-order valence-electron chi connectivity index (χ3n) is 4.58. The Morgan fingerprint density at radius 2 is 1.97 bits per heavy atom. The first-order valence-corrected chi connectivity index (χ1v) is 11.2. The first-order chi connectivity index (χ1) is 16.6. The molecule has 1 heterocycles. The van der Waals surface area contributed by atoms with Crippen molar-refractivity contribution < 1.29 is 23.8 Å². The predicted molar refractivity (Wildman–Crippen MR) is 133 cm³/mol. The molecular formula is C25H33N5O5. The Kier molecular flexibility index (Phi) is 9.85. The molecule has 1 unspecified atom stereocenters. The molecule has 0 aliphatic carbocycles. The molecule has 188 valence electrons. The van der Waals surface area contributed by atoms with E-state index in [0.717, 1.165) is 5.56 Å². The summed E-state index contributed by atoms with van der Waals surface area (Å²) in [4.78, 5) is 29.2. The number of carbonyl (C=O) groups excluding carboxylic acids is 2. The van der Waals surface area contributed by atoms with Crippen LogP contribution in [0.4, 0.5) is 22.1 Å². The van der Waals surface area contributed by atoms with E-state index >= 15 is 0 Å². The molecule has 1 amide bonds. The summed E-state index contributed by atoms with van der Waals surface area (Å²) in [7, 11) is 1.24. The van der Waals surface area contributed by atoms with Gasteiger partial charge in [-0.05, 0) is 58.4 Å². The molecule has 3 N–H and O–H groups in total. The maximum absolute atomic E-state index is 12.5. The van der Waals surface area contributed by atoms with Crippen LogP contribution in [-0.2, 0) is 14.2 Å². The number of aryl methyl sites for hydroxylation is 1. The van der Waals surface area contributed by atoms with Gasteiger partial charge in [-0.25, -0.2) is 14.6 Å². The quantitative estimate of drug-likeness (QED) is 0.426. The standard InChI is InChI=1S/C25H33N5O5/c1-7-34-15-19(29-24(32)35-25(3,4)5)14-27-20-12-17(13-26)21(23(31)33-6)22(30-20)28-18-10-8-9-16(2)11-18/h8-12,19H,7,14-15H2,1-6H3,(H,29,32)(H2,27,28,30). The molecular weight excluding hydrogens is 450 g/mol. The number of alkyl carbamates (subject to hydrolysis) is 1. The number of hydrogen-bond acceptors (Lipinski definition) is 9. The van der Waals surface area contributed by atoms with E-state index in [9.17, 15) is 14.9 Å². The van der Waals surface area contributed by atoms with Crippen molar-refractivity contribution in [2.45, 2.75) is 46.3 Å². The molecule has 10 heteroatoms. The Morgan fingerprint density at radius 3 is 2.57 bits per heavy atom. The van der Waals surface area contributed by atoms with E-state index in [0.29, 0.717) is 18.1 Å². The van der Waals surface area contributed by atoms with Crippen LogP contribution < -0.4 is 16.0 Å². The fourth-order valence-electron chi connectivity index (χ4n) is 3.10. The fraction of sp³-hybridized carbons (Fsp3) is 0.440. The smallest absolute Gasteiger partial charge is 0.408 e. The monoisotopic (exact) mass is 483 g/mol. The summed E-state index contributed by atoms with van der Waals surface area (Å²) in [6, 6.07) is 10.6. The zero-order valence-corrected chi connectivity index (χ0v) is 21.0. The van der Waals surface area contributed by atoms with Crippen molar-refractivity contribution in [3.8, 4) is 6.07 Å². The van der Waals surface area contributed by atoms with E-state index in [-0.39, 0.29) is 30.1 Å². The van der Waals surface area contributed by atoms with Crippen molar-refractivity contribution in [1.29, 1.82) is 5.26 Å². The van der Waals surface area contributed by atoms with Crippen molar-refractivity contribution >= 4 is 29.4 Å². The number of ether oxygens (including phenoxy) is 3. The summed E-state index contributed by atoms with van der Waals surface area (Å²) in [5, 5.41) is 18.7. The van der Waals surface area contributed by atoms with Gasteiger partial charge in [-0.1, -0.05) is 12.1 Å². The second kappa shape index (κ2) is 12.6. The van der Waals surface area contributed by atoms with E-state index in [1.54, 1.807) is 20.8 Å². The Morgan fingerprint density at radius 1 is 1.23 bits per heavy atom. The lowest BCUT2D eigenvalue weighted by Crippen LogP contribution is -2.45. The summed E-state index contributed by atoms with van der Waals surface area (Å²) in [6.07, 6.45) is -0.572. The minimum absolute atomic E-state index is 0.0276. The summed E-state index contributed by atoms with van der Waals surface area (Å²) >= 11 is 0. The summed E-state index contributed by atoms with van der Waals surface area (Å²) in [5.41, 5.74) is 1.18. The molecule has 0 saturated heterocycles. The van der Waals surface area contributed by atoms with Crippen LogP contribution in [0, 0.1) is 18.3 Å². The number of carbonyl (C=O) groups is 2. The highest BCUT2D eigenvalue weighted by molar-refractivity contribution is 5.98. The highest BCUT2D eigenvalue weighted by Gasteiger charge is 2.23. The number of nitrogens with one attached hydrogen (secondary N) is 3. The molecule has 1 aromatic carbocycles. The Balaban J connectivity index is 2.31. The number of amides is 1. The maximum Gasteiger partial charge on any atom is 0.408 e. The number of rotatable bonds is 10. The lowest BCUT2D eigenvalue weighted by Gasteiger charge is -2.24. The second-order valence-electron chi connectivity index (χ2n) is 8.76. The fourth-order valence-corrected chi connectivity index (χ4v) is 3.10. The van der Waals surface area contributed by atoms with Crippen molar-refractivity contribution in [1.82, 2.24) is 10.3 Å². The summed E-state index contributed by atoms with van der Waals surface area (Å²) in [6.45, 7) is 10.1. The lowest BCUT2D eigenvalue weighted by atomic mass is 10.1. The number of benzene rings is 1. The molecule has 0 saturated carbocycles. The summed E-state index contributed by atoms with van der Waals surface area (Å²) in [5.74, 6) is -0.182. The van der Waals surface area contributed by atoms with Crippen LogP contribution in [0.15, 0.2) is 30.3 Å². The minimum atomic E-state index is -0.684. The zero-order chi connectivity index (χ0) is 26.0. The molecule has 0 bridgehead atoms. The lowest BCUT2D eigenvalue weighted by molar-refractivity contribution is 0.0456. The van der Waals surface area contributed by atoms with E-state index in [1.165, 1.54) is 13.2 Å². The highest BCUT2D eigenvalue weighted by atomic mass is 16.6. The number of nitrogens with zero attached hydrogens (tertiary/aromatic N) is 2. The van der Waals surface area contributed by atoms with Crippen LogP contribution >= 0.6 is 0 Å². The van der Waals surface area contributed by atoms with Gasteiger partial charge in [0.1, 0.15) is 28.9 Å². The third-order valence-corrected chi connectivity index (χ3v) is 4.58. The molecule has 1 atom stereocenters. The van der Waals surface area contributed by atoms with Gasteiger partial charge in [0.25, 0.3) is 0 Å². The Labute approximate surface area is 206 Å². The number of pyridine rings is 1. The second-order valence-corrected chi connectivity index (χ2v) is 8.76. The van der Waals surface area contributed by atoms with Crippen molar-refractivity contribution in [3.63, 3.8) is 0 Å². The molecule has 0 spiro atoms. The normalized spacial score (nSPS) is 11.7. The first kappa shape index (κ1) is 27.4. The van der Waals surface area contributed by atoms with Crippen LogP contribution in [0.3, 0.4) is 0 Å². The number of hydrogen-bond donors (Lipinski definition) is 3. The average Bonchev–Trinajstić information content (AvgIpc) is 2.78. The number of aromatic nitrogens is 1. The molecule has 2 rings (SSSR count). The van der Waals surface area contributed by atoms with Crippen LogP contribution in [-0.4, -0.2) is 55.6 Å². The molecule has 0 radical (unpaired) electrons. The predicted octanol–water partition coefficient (Wildman–Crippen LogP) is 4.13. The Hall–Kier alpha value is -3.84. The van der Waals surface area contributed by atoms with Gasteiger partial charge in [-0.3, -0.25) is 0 Å². The van der Waals surface area contributed by atoms with Gasteiger partial charge in [0.05, 0.1) is 25.3 Å². The van der Waals surface area contributed by atoms with Gasteiger partial charge < -0.3 is 30.2 Å². The van der Waals surface area contributed by atoms with Gasteiger partial charge in [-0.2, -0.15) is 5.26 Å². The van der Waals surface area contributed by atoms with Crippen LogP contribution in [0.25, 0.3) is 0 Å². The maximum atomic E-state index is 12.5. The number of methoxy groups -OCH3 is 1. The van der Waals surface area contributed by atoms with Crippen molar-refractivity contribution in [2.75, 3.05) is 37.5 Å². The zero-order valence-electron chi connectivity index (χ0n) is 21.0. The first-order valence-electron chi connectivity index (χ1n) is 11.2. The van der Waals surface area contributed by atoms with Gasteiger partial charge in [0.15, 0.2) is 0 Å². The van der Waals surface area contributed by atoms with Crippen molar-refractivity contribution in [3.05, 3.63) is 47.0 Å². The van der Waals surface area contributed by atoms with Crippen LogP contribution in [0.5, 0.6) is 0 Å². The van der Waals surface area contributed by atoms with E-state index in [4.69, 9.17) is 14.2 Å². The van der Waals surface area contributed by atoms with Gasteiger partial charge in [-0.15, -0.1) is 0 Å². The molecule has 0 fully saturated rings. The van der Waals surface area contributed by atoms with Crippen molar-refractivity contribution in [2.24, 2.45) is 0 Å². The molecule has 0 aliphatic heterocycles. The molecule has 10 nitrogen and oxygen atoms in total. The van der Waals surface area contributed by atoms with Gasteiger partial charge in [0.2, 0.25) is 0 Å². The highest BCUT2D eigenvalue weighted by Crippen LogP contribution is 2.26. The number of nitriles is 1. The summed E-state index contributed by atoms with van der Waals surface area (Å²) < 4.78 is 15.7. The largest absolute Gasteiger partial charge is 0.465 e. The minimum Gasteiger partial charge on any atom is -0.465 e. The van der Waals surface area contributed by atoms with E-state index in [2.05, 4.69) is 20.9 Å². The van der Waals surface area contributed by atoms with Crippen LogP contribution in [0.2, 0.25) is 0 Å². The molecule has 0 aliphatic rings. The Bertz CT molecular complexity index is 1070. The van der Waals surface area contributed by atoms with E-state index in [1.807, 2.05) is 44.2 Å². The topological polar surface area (TPSA) is 135 Å². The number of esters is 1. The number of anilines is 3. The molecule has 35 heavy (non-hydrogen) atoms. The van der Waals surface area contributed by atoms with E-state index < -0.39 is 23.7 Å². The molecule has 1 aromatic heterocycles. The van der Waals surface area contributed by atoms with Crippen LogP contribution in [0.1, 0.15) is 49.2 Å². The SMILES string of the molecule is CCOCC(CNc1cc(C#N)c(C(=O)OC)c(Nc2cccc(C)c2)n1)NC(=O)OC(C)(C)C. The van der Waals surface area contributed by atoms with Gasteiger partial charge >= 0.3 is 12.1 Å². The van der Waals surface area contributed by atoms with Gasteiger partial charge in [0, 0.05) is 18.8 Å². The third kappa shape index (κ3) is 8.79.